The van der Waals surface area contributed by atoms with Crippen LogP contribution in [0, 0.1) is 0 Å². The summed E-state index contributed by atoms with van der Waals surface area (Å²) in [5.74, 6) is 0.222. The topological polar surface area (TPSA) is 93.4 Å². The van der Waals surface area contributed by atoms with Crippen LogP contribution < -0.4 is 5.73 Å². The van der Waals surface area contributed by atoms with Crippen LogP contribution in [0.2, 0.25) is 0 Å². The molecule has 0 atom stereocenters. The average Bonchev–Trinajstić information content (AvgIpc) is 3.16. The van der Waals surface area contributed by atoms with Gasteiger partial charge in [0.15, 0.2) is 0 Å². The van der Waals surface area contributed by atoms with Gasteiger partial charge in [0.05, 0.1) is 5.03 Å². The Labute approximate surface area is 151 Å². The summed E-state index contributed by atoms with van der Waals surface area (Å²) in [5, 5.41) is 0.749. The highest BCUT2D eigenvalue weighted by Gasteiger charge is 2.27. The van der Waals surface area contributed by atoms with Gasteiger partial charge in [-0.3, -0.25) is 4.79 Å². The molecule has 2 heterocycles. The van der Waals surface area contributed by atoms with E-state index in [1.807, 2.05) is 12.1 Å². The van der Waals surface area contributed by atoms with Gasteiger partial charge < -0.3 is 5.73 Å². The van der Waals surface area contributed by atoms with Gasteiger partial charge in [-0.2, -0.15) is 4.31 Å². The molecule has 1 aromatic heterocycles. The Balaban J connectivity index is 1.63. The predicted molar refractivity (Wildman–Crippen MR) is 96.8 cm³/mol. The summed E-state index contributed by atoms with van der Waals surface area (Å²) < 4.78 is 26.4. The molecule has 1 aliphatic rings. The van der Waals surface area contributed by atoms with Crippen molar-refractivity contribution in [2.75, 3.05) is 13.1 Å². The van der Waals surface area contributed by atoms with E-state index in [-0.39, 0.29) is 4.90 Å². The Kier molecular flexibility index (Phi) is 5.41. The fourth-order valence-electron chi connectivity index (χ4n) is 2.60. The van der Waals surface area contributed by atoms with E-state index in [9.17, 15) is 13.2 Å². The lowest BCUT2D eigenvalue weighted by Crippen LogP contribution is -2.27. The van der Waals surface area contributed by atoms with Gasteiger partial charge in [-0.05, 0) is 42.7 Å². The van der Waals surface area contributed by atoms with E-state index in [0.717, 1.165) is 23.4 Å². The molecule has 25 heavy (non-hydrogen) atoms. The molecule has 1 aromatic carbocycles. The first kappa shape index (κ1) is 17.9. The van der Waals surface area contributed by atoms with Gasteiger partial charge in [0.25, 0.3) is 0 Å². The van der Waals surface area contributed by atoms with Crippen LogP contribution in [-0.4, -0.2) is 36.7 Å². The lowest BCUT2D eigenvalue weighted by Gasteiger charge is -2.15. The highest BCUT2D eigenvalue weighted by atomic mass is 32.2. The third kappa shape index (κ3) is 4.20. The van der Waals surface area contributed by atoms with Crippen LogP contribution in [0.4, 0.5) is 0 Å². The zero-order valence-corrected chi connectivity index (χ0v) is 15.2. The molecular formula is C17H19N3O3S2. The van der Waals surface area contributed by atoms with Crippen LogP contribution in [0.15, 0.2) is 52.5 Å². The van der Waals surface area contributed by atoms with E-state index >= 15 is 0 Å². The summed E-state index contributed by atoms with van der Waals surface area (Å²) in [6.07, 6.45) is 3.25. The van der Waals surface area contributed by atoms with Crippen LogP contribution in [-0.2, 0) is 15.8 Å². The highest BCUT2D eigenvalue weighted by Crippen LogP contribution is 2.24. The quantitative estimate of drug-likeness (QED) is 0.780. The summed E-state index contributed by atoms with van der Waals surface area (Å²) >= 11 is 1.50. The number of carbonyl (C=O) groups excluding carboxylic acids is 1. The van der Waals surface area contributed by atoms with Crippen LogP contribution in [0.5, 0.6) is 0 Å². The van der Waals surface area contributed by atoms with Crippen LogP contribution in [0.1, 0.15) is 28.8 Å². The molecule has 0 bridgehead atoms. The molecule has 6 nitrogen and oxygen atoms in total. The van der Waals surface area contributed by atoms with E-state index in [1.165, 1.54) is 22.3 Å². The number of nitrogens with two attached hydrogens (primary N) is 1. The monoisotopic (exact) mass is 377 g/mol. The van der Waals surface area contributed by atoms with Crippen molar-refractivity contribution in [3.63, 3.8) is 0 Å². The van der Waals surface area contributed by atoms with E-state index in [2.05, 4.69) is 4.98 Å². The zero-order valence-electron chi connectivity index (χ0n) is 13.6. The second-order valence-electron chi connectivity index (χ2n) is 5.79. The van der Waals surface area contributed by atoms with Crippen molar-refractivity contribution in [1.82, 2.24) is 9.29 Å². The summed E-state index contributed by atoms with van der Waals surface area (Å²) in [6, 6.07) is 10.4. The SMILES string of the molecule is NC(=O)c1ccc(CSc2ccc(S(=O)(=O)N3CCCC3)cn2)cc1. The summed E-state index contributed by atoms with van der Waals surface area (Å²) in [6.45, 7) is 1.17. The number of nitrogens with zero attached hydrogens (tertiary/aromatic N) is 2. The van der Waals surface area contributed by atoms with E-state index < -0.39 is 15.9 Å². The lowest BCUT2D eigenvalue weighted by molar-refractivity contribution is 0.100. The number of benzene rings is 1. The molecule has 2 N–H and O–H groups in total. The van der Waals surface area contributed by atoms with Crippen molar-refractivity contribution in [3.05, 3.63) is 53.7 Å². The average molecular weight is 377 g/mol. The van der Waals surface area contributed by atoms with E-state index in [4.69, 9.17) is 5.73 Å². The molecule has 0 saturated carbocycles. The third-order valence-electron chi connectivity index (χ3n) is 4.04. The van der Waals surface area contributed by atoms with Gasteiger partial charge in [0.2, 0.25) is 15.9 Å². The number of primary amides is 1. The molecule has 0 aliphatic carbocycles. The maximum atomic E-state index is 12.5. The zero-order chi connectivity index (χ0) is 17.9. The molecule has 132 valence electrons. The van der Waals surface area contributed by atoms with Crippen molar-refractivity contribution in [3.8, 4) is 0 Å². The number of carbonyl (C=O) groups is 1. The van der Waals surface area contributed by atoms with Crippen molar-refractivity contribution >= 4 is 27.7 Å². The van der Waals surface area contributed by atoms with Crippen molar-refractivity contribution in [1.29, 1.82) is 0 Å². The predicted octanol–water partition coefficient (Wildman–Crippen LogP) is 2.26. The molecule has 3 rings (SSSR count). The van der Waals surface area contributed by atoms with Crippen LogP contribution >= 0.6 is 11.8 Å². The van der Waals surface area contributed by atoms with Crippen molar-refractivity contribution in [2.24, 2.45) is 5.73 Å². The molecule has 0 radical (unpaired) electrons. The number of hydrogen-bond acceptors (Lipinski definition) is 5. The molecule has 1 saturated heterocycles. The van der Waals surface area contributed by atoms with Crippen molar-refractivity contribution in [2.45, 2.75) is 28.5 Å². The van der Waals surface area contributed by atoms with Gasteiger partial charge >= 0.3 is 0 Å². The molecule has 2 aromatic rings. The molecule has 1 fully saturated rings. The fourth-order valence-corrected chi connectivity index (χ4v) is 4.87. The minimum atomic E-state index is -3.42. The Morgan fingerprint density at radius 2 is 1.80 bits per heavy atom. The summed E-state index contributed by atoms with van der Waals surface area (Å²) in [4.78, 5) is 15.6. The van der Waals surface area contributed by atoms with Gasteiger partial charge in [-0.25, -0.2) is 13.4 Å². The lowest BCUT2D eigenvalue weighted by atomic mass is 10.1. The Morgan fingerprint density at radius 1 is 1.12 bits per heavy atom. The number of hydrogen-bond donors (Lipinski definition) is 1. The molecule has 8 heteroatoms. The molecule has 0 unspecified atom stereocenters. The van der Waals surface area contributed by atoms with Gasteiger partial charge in [-0.15, -0.1) is 11.8 Å². The number of amides is 1. The maximum Gasteiger partial charge on any atom is 0.248 e. The largest absolute Gasteiger partial charge is 0.366 e. The summed E-state index contributed by atoms with van der Waals surface area (Å²) in [7, 11) is -3.42. The number of pyridine rings is 1. The highest BCUT2D eigenvalue weighted by molar-refractivity contribution is 7.98. The first-order valence-electron chi connectivity index (χ1n) is 7.94. The fraction of sp³-hybridized carbons (Fsp3) is 0.294. The first-order chi connectivity index (χ1) is 12.0. The first-order valence-corrected chi connectivity index (χ1v) is 10.4. The van der Waals surface area contributed by atoms with E-state index in [0.29, 0.717) is 24.4 Å². The number of rotatable bonds is 6. The standard InChI is InChI=1S/C17H19N3O3S2/c18-17(21)14-5-3-13(4-6-14)12-24-16-8-7-15(11-19-16)25(22,23)20-9-1-2-10-20/h3-8,11H,1-2,9-10,12H2,(H2,18,21). The minimum absolute atomic E-state index is 0.240. The molecule has 1 amide bonds. The Morgan fingerprint density at radius 3 is 2.36 bits per heavy atom. The summed E-state index contributed by atoms with van der Waals surface area (Å²) in [5.41, 5.74) is 6.72. The smallest absolute Gasteiger partial charge is 0.248 e. The van der Waals surface area contributed by atoms with Crippen LogP contribution in [0.3, 0.4) is 0 Å². The van der Waals surface area contributed by atoms with E-state index in [1.54, 1.807) is 24.3 Å². The molecule has 0 spiro atoms. The Hall–Kier alpha value is -1.90. The van der Waals surface area contributed by atoms with Gasteiger partial charge in [0.1, 0.15) is 4.90 Å². The molecular weight excluding hydrogens is 358 g/mol. The third-order valence-corrected chi connectivity index (χ3v) is 6.93. The van der Waals surface area contributed by atoms with Gasteiger partial charge in [-0.1, -0.05) is 12.1 Å². The molecule has 1 aliphatic heterocycles. The number of sulfonamides is 1. The van der Waals surface area contributed by atoms with Crippen molar-refractivity contribution < 1.29 is 13.2 Å². The Bertz CT molecular complexity index is 844. The minimum Gasteiger partial charge on any atom is -0.366 e. The van der Waals surface area contributed by atoms with Gasteiger partial charge in [0, 0.05) is 30.6 Å². The second kappa shape index (κ2) is 7.55. The number of thioether (sulfide) groups is 1. The second-order valence-corrected chi connectivity index (χ2v) is 8.73. The normalized spacial score (nSPS) is 15.4. The number of aromatic nitrogens is 1. The maximum absolute atomic E-state index is 12.5. The van der Waals surface area contributed by atoms with Crippen LogP contribution in [0.25, 0.3) is 0 Å².